The van der Waals surface area contributed by atoms with Crippen LogP contribution in [0.5, 0.6) is 0 Å². The van der Waals surface area contributed by atoms with Crippen molar-refractivity contribution in [2.24, 2.45) is 0 Å². The lowest BCUT2D eigenvalue weighted by Gasteiger charge is -2.11. The second-order valence-electron chi connectivity index (χ2n) is 5.84. The molecule has 3 rings (SSSR count). The van der Waals surface area contributed by atoms with E-state index in [0.29, 0.717) is 10.7 Å². The summed E-state index contributed by atoms with van der Waals surface area (Å²) in [5.41, 5.74) is 1.20. The third kappa shape index (κ3) is 3.13. The Labute approximate surface area is 144 Å². The number of rotatable bonds is 5. The van der Waals surface area contributed by atoms with Crippen LogP contribution in [-0.2, 0) is 6.54 Å². The Morgan fingerprint density at radius 3 is 2.87 bits per heavy atom. The lowest BCUT2D eigenvalue weighted by atomic mass is 10.2. The van der Waals surface area contributed by atoms with Gasteiger partial charge in [0.05, 0.1) is 5.39 Å². The zero-order chi connectivity index (χ0) is 16.6. The SMILES string of the molecule is Cc1nc(NCCn2c(C(C)C)n[nH]c2=S)c2c(C)csc2n1. The van der Waals surface area contributed by atoms with Crippen LogP contribution in [-0.4, -0.2) is 31.3 Å². The molecule has 2 N–H and O–H groups in total. The van der Waals surface area contributed by atoms with Gasteiger partial charge in [-0.05, 0) is 37.0 Å². The number of hydrogen-bond acceptors (Lipinski definition) is 6. The van der Waals surface area contributed by atoms with Gasteiger partial charge in [0.2, 0.25) is 0 Å². The van der Waals surface area contributed by atoms with Crippen molar-refractivity contribution in [3.05, 3.63) is 27.4 Å². The number of fused-ring (bicyclic) bond motifs is 1. The van der Waals surface area contributed by atoms with Crippen LogP contribution in [0.4, 0.5) is 5.82 Å². The summed E-state index contributed by atoms with van der Waals surface area (Å²) in [6, 6.07) is 0. The summed E-state index contributed by atoms with van der Waals surface area (Å²) in [7, 11) is 0. The van der Waals surface area contributed by atoms with Crippen LogP contribution in [0.3, 0.4) is 0 Å². The first-order valence-electron chi connectivity index (χ1n) is 7.58. The fourth-order valence-electron chi connectivity index (χ4n) is 2.59. The first-order chi connectivity index (χ1) is 11.0. The van der Waals surface area contributed by atoms with Crippen LogP contribution < -0.4 is 5.32 Å². The highest BCUT2D eigenvalue weighted by Gasteiger charge is 2.12. The van der Waals surface area contributed by atoms with Crippen LogP contribution >= 0.6 is 23.6 Å². The standard InChI is InChI=1S/C15H20N6S2/c1-8(2)13-19-20-15(22)21(13)6-5-16-12-11-9(3)7-23-14(11)18-10(4)17-12/h7-8H,5-6H2,1-4H3,(H,20,22)(H,16,17,18). The monoisotopic (exact) mass is 348 g/mol. The predicted octanol–water partition coefficient (Wildman–Crippen LogP) is 3.80. The average molecular weight is 349 g/mol. The van der Waals surface area contributed by atoms with Gasteiger partial charge >= 0.3 is 0 Å². The highest BCUT2D eigenvalue weighted by atomic mass is 32.1. The first-order valence-corrected chi connectivity index (χ1v) is 8.87. The third-order valence-electron chi connectivity index (χ3n) is 3.66. The maximum Gasteiger partial charge on any atom is 0.195 e. The summed E-state index contributed by atoms with van der Waals surface area (Å²) in [6.07, 6.45) is 0. The molecule has 0 unspecified atom stereocenters. The Morgan fingerprint density at radius 1 is 1.35 bits per heavy atom. The molecule has 0 spiro atoms. The van der Waals surface area contributed by atoms with E-state index in [2.05, 4.69) is 51.6 Å². The zero-order valence-corrected chi connectivity index (χ0v) is 15.3. The Kier molecular flexibility index (Phi) is 4.45. The molecule has 6 nitrogen and oxygen atoms in total. The van der Waals surface area contributed by atoms with Crippen molar-refractivity contribution in [3.8, 4) is 0 Å². The minimum Gasteiger partial charge on any atom is -0.368 e. The molecule has 0 bridgehead atoms. The van der Waals surface area contributed by atoms with Crippen molar-refractivity contribution in [2.75, 3.05) is 11.9 Å². The van der Waals surface area contributed by atoms with E-state index < -0.39 is 0 Å². The van der Waals surface area contributed by atoms with Gasteiger partial charge in [-0.2, -0.15) is 5.10 Å². The lowest BCUT2D eigenvalue weighted by Crippen LogP contribution is -2.15. The first kappa shape index (κ1) is 16.1. The molecule has 0 aliphatic carbocycles. The van der Waals surface area contributed by atoms with E-state index >= 15 is 0 Å². The Balaban J connectivity index is 1.81. The Morgan fingerprint density at radius 2 is 2.13 bits per heavy atom. The van der Waals surface area contributed by atoms with E-state index in [4.69, 9.17) is 12.2 Å². The molecule has 8 heteroatoms. The van der Waals surface area contributed by atoms with Crippen molar-refractivity contribution in [1.82, 2.24) is 24.7 Å². The maximum absolute atomic E-state index is 5.32. The molecule has 0 radical (unpaired) electrons. The van der Waals surface area contributed by atoms with E-state index in [-0.39, 0.29) is 0 Å². The van der Waals surface area contributed by atoms with Crippen molar-refractivity contribution in [1.29, 1.82) is 0 Å². The van der Waals surface area contributed by atoms with Crippen molar-refractivity contribution >= 4 is 39.6 Å². The minimum atomic E-state index is 0.329. The second-order valence-corrected chi connectivity index (χ2v) is 7.08. The molecule has 23 heavy (non-hydrogen) atoms. The maximum atomic E-state index is 5.32. The highest BCUT2D eigenvalue weighted by Crippen LogP contribution is 2.29. The predicted molar refractivity (Wildman–Crippen MR) is 96.9 cm³/mol. The van der Waals surface area contributed by atoms with Gasteiger partial charge in [0.1, 0.15) is 22.3 Å². The lowest BCUT2D eigenvalue weighted by molar-refractivity contribution is 0.631. The fraction of sp³-hybridized carbons (Fsp3) is 0.467. The highest BCUT2D eigenvalue weighted by molar-refractivity contribution is 7.71. The molecule has 3 heterocycles. The molecule has 0 aliphatic rings. The van der Waals surface area contributed by atoms with Gasteiger partial charge in [0, 0.05) is 19.0 Å². The number of nitrogens with one attached hydrogen (secondary N) is 2. The summed E-state index contributed by atoms with van der Waals surface area (Å²) in [4.78, 5) is 10.1. The fourth-order valence-corrected chi connectivity index (χ4v) is 3.79. The summed E-state index contributed by atoms with van der Waals surface area (Å²) in [5.74, 6) is 2.99. The molecule has 3 aromatic heterocycles. The molecular formula is C15H20N6S2. The van der Waals surface area contributed by atoms with Crippen LogP contribution in [0.1, 0.15) is 37.0 Å². The van der Waals surface area contributed by atoms with Crippen LogP contribution in [0.15, 0.2) is 5.38 Å². The van der Waals surface area contributed by atoms with Gasteiger partial charge in [-0.3, -0.25) is 5.10 Å². The van der Waals surface area contributed by atoms with Gasteiger partial charge in [-0.25, -0.2) is 9.97 Å². The molecule has 0 saturated heterocycles. The van der Waals surface area contributed by atoms with E-state index in [0.717, 1.165) is 40.8 Å². The van der Waals surface area contributed by atoms with E-state index in [1.54, 1.807) is 11.3 Å². The van der Waals surface area contributed by atoms with Crippen LogP contribution in [0.2, 0.25) is 0 Å². The van der Waals surface area contributed by atoms with E-state index in [1.165, 1.54) is 5.56 Å². The van der Waals surface area contributed by atoms with Crippen LogP contribution in [0.25, 0.3) is 10.2 Å². The van der Waals surface area contributed by atoms with E-state index in [9.17, 15) is 0 Å². The summed E-state index contributed by atoms with van der Waals surface area (Å²) in [5, 5.41) is 13.8. The molecule has 122 valence electrons. The molecule has 3 aromatic rings. The number of aryl methyl sites for hydroxylation is 2. The summed E-state index contributed by atoms with van der Waals surface area (Å²) >= 11 is 6.97. The van der Waals surface area contributed by atoms with Crippen molar-refractivity contribution < 1.29 is 0 Å². The molecule has 0 atom stereocenters. The Hall–Kier alpha value is -1.80. The third-order valence-corrected chi connectivity index (χ3v) is 4.96. The number of hydrogen-bond donors (Lipinski definition) is 2. The Bertz CT molecular complexity index is 889. The van der Waals surface area contributed by atoms with Crippen LogP contribution in [0, 0.1) is 18.6 Å². The largest absolute Gasteiger partial charge is 0.368 e. The topological polar surface area (TPSA) is 71.4 Å². The van der Waals surface area contributed by atoms with Gasteiger partial charge in [-0.15, -0.1) is 11.3 Å². The minimum absolute atomic E-state index is 0.329. The number of nitrogens with zero attached hydrogens (tertiary/aromatic N) is 4. The number of aromatic nitrogens is 5. The van der Waals surface area contributed by atoms with Crippen molar-refractivity contribution in [2.45, 2.75) is 40.2 Å². The van der Waals surface area contributed by atoms with Crippen molar-refractivity contribution in [3.63, 3.8) is 0 Å². The molecule has 0 saturated carbocycles. The van der Waals surface area contributed by atoms with E-state index in [1.807, 2.05) is 11.5 Å². The molecule has 0 aromatic carbocycles. The van der Waals surface area contributed by atoms with Gasteiger partial charge < -0.3 is 9.88 Å². The quantitative estimate of drug-likeness (QED) is 0.686. The van der Waals surface area contributed by atoms with Gasteiger partial charge in [0.25, 0.3) is 0 Å². The smallest absolute Gasteiger partial charge is 0.195 e. The number of H-pyrrole nitrogens is 1. The van der Waals surface area contributed by atoms with Gasteiger partial charge in [-0.1, -0.05) is 13.8 Å². The second kappa shape index (κ2) is 6.37. The number of thiophene rings is 1. The normalized spacial score (nSPS) is 11.5. The van der Waals surface area contributed by atoms with Gasteiger partial charge in [0.15, 0.2) is 4.77 Å². The molecule has 0 fully saturated rings. The molecule has 0 aliphatic heterocycles. The summed E-state index contributed by atoms with van der Waals surface area (Å²) < 4.78 is 2.70. The zero-order valence-electron chi connectivity index (χ0n) is 13.7. The number of anilines is 1. The average Bonchev–Trinajstić information content (AvgIpc) is 3.03. The molecule has 0 amide bonds. The molecular weight excluding hydrogens is 328 g/mol. The summed E-state index contributed by atoms with van der Waals surface area (Å²) in [6.45, 7) is 9.71. The number of aromatic amines is 1.